The van der Waals surface area contributed by atoms with Gasteiger partial charge in [-0.15, -0.1) is 0 Å². The lowest BCUT2D eigenvalue weighted by molar-refractivity contribution is -0.129. The first-order chi connectivity index (χ1) is 12.0. The maximum absolute atomic E-state index is 13.6. The number of halogens is 1. The molecule has 0 aliphatic heterocycles. The highest BCUT2D eigenvalue weighted by atomic mass is 19.1. The fraction of sp³-hybridized carbons (Fsp3) is 0.300. The highest BCUT2D eigenvalue weighted by Crippen LogP contribution is 2.10. The van der Waals surface area contributed by atoms with Gasteiger partial charge in [-0.1, -0.05) is 42.5 Å². The van der Waals surface area contributed by atoms with Crippen molar-refractivity contribution in [3.63, 3.8) is 0 Å². The summed E-state index contributed by atoms with van der Waals surface area (Å²) in [6.07, 6.45) is 0.612. The van der Waals surface area contributed by atoms with Crippen molar-refractivity contribution < 1.29 is 18.7 Å². The lowest BCUT2D eigenvalue weighted by Crippen LogP contribution is -2.41. The monoisotopic (exact) mass is 343 g/mol. The highest BCUT2D eigenvalue weighted by molar-refractivity contribution is 5.92. The summed E-state index contributed by atoms with van der Waals surface area (Å²) in [6.45, 7) is 3.37. The molecular formula is C20H22FNO3. The van der Waals surface area contributed by atoms with Gasteiger partial charge in [0, 0.05) is 6.04 Å². The van der Waals surface area contributed by atoms with E-state index in [0.29, 0.717) is 0 Å². The van der Waals surface area contributed by atoms with E-state index in [0.717, 1.165) is 12.8 Å². The third-order valence-corrected chi connectivity index (χ3v) is 3.84. The van der Waals surface area contributed by atoms with E-state index in [2.05, 4.69) is 5.32 Å². The summed E-state index contributed by atoms with van der Waals surface area (Å²) in [5.41, 5.74) is 1.02. The van der Waals surface area contributed by atoms with Crippen LogP contribution in [-0.4, -0.2) is 24.0 Å². The Labute approximate surface area is 147 Å². The lowest BCUT2D eigenvalue weighted by Gasteiger charge is -2.18. The molecule has 2 aromatic carbocycles. The van der Waals surface area contributed by atoms with Crippen LogP contribution in [0.1, 0.15) is 36.2 Å². The molecule has 0 saturated carbocycles. The molecule has 0 radical (unpaired) electrons. The van der Waals surface area contributed by atoms with Crippen molar-refractivity contribution in [2.45, 2.75) is 38.8 Å². The molecule has 2 rings (SSSR count). The average molecular weight is 343 g/mol. The van der Waals surface area contributed by atoms with Gasteiger partial charge in [0.15, 0.2) is 6.10 Å². The molecule has 25 heavy (non-hydrogen) atoms. The van der Waals surface area contributed by atoms with E-state index >= 15 is 0 Å². The summed E-state index contributed by atoms with van der Waals surface area (Å²) in [4.78, 5) is 24.1. The van der Waals surface area contributed by atoms with Gasteiger partial charge >= 0.3 is 5.97 Å². The van der Waals surface area contributed by atoms with Crippen LogP contribution < -0.4 is 5.32 Å². The van der Waals surface area contributed by atoms with E-state index in [1.165, 1.54) is 36.8 Å². The van der Waals surface area contributed by atoms with Crippen molar-refractivity contribution in [1.82, 2.24) is 5.32 Å². The molecule has 0 aromatic heterocycles. The molecule has 1 amide bonds. The van der Waals surface area contributed by atoms with E-state index in [1.54, 1.807) is 0 Å². The van der Waals surface area contributed by atoms with Crippen molar-refractivity contribution >= 4 is 11.9 Å². The van der Waals surface area contributed by atoms with Crippen LogP contribution in [0.15, 0.2) is 54.6 Å². The van der Waals surface area contributed by atoms with E-state index in [4.69, 9.17) is 4.74 Å². The zero-order valence-corrected chi connectivity index (χ0v) is 14.4. The van der Waals surface area contributed by atoms with Gasteiger partial charge in [0.05, 0.1) is 5.56 Å². The fourth-order valence-electron chi connectivity index (χ4n) is 2.36. The Morgan fingerprint density at radius 3 is 2.36 bits per heavy atom. The quantitative estimate of drug-likeness (QED) is 0.783. The Bertz CT molecular complexity index is 718. The van der Waals surface area contributed by atoms with Gasteiger partial charge in [0.1, 0.15) is 5.82 Å². The topological polar surface area (TPSA) is 55.4 Å². The van der Waals surface area contributed by atoms with E-state index < -0.39 is 23.8 Å². The summed E-state index contributed by atoms with van der Waals surface area (Å²) in [5, 5.41) is 2.81. The number of rotatable bonds is 7. The molecule has 0 fully saturated rings. The van der Waals surface area contributed by atoms with Crippen LogP contribution in [0.25, 0.3) is 0 Å². The first-order valence-electron chi connectivity index (χ1n) is 8.27. The van der Waals surface area contributed by atoms with Crippen LogP contribution in [0.3, 0.4) is 0 Å². The van der Waals surface area contributed by atoms with Crippen LogP contribution in [0, 0.1) is 5.82 Å². The predicted octanol–water partition coefficient (Wildman–Crippen LogP) is 3.51. The molecular weight excluding hydrogens is 321 g/mol. The fourth-order valence-corrected chi connectivity index (χ4v) is 2.36. The Balaban J connectivity index is 1.81. The van der Waals surface area contributed by atoms with Gasteiger partial charge in [0.2, 0.25) is 0 Å². The molecule has 2 aromatic rings. The van der Waals surface area contributed by atoms with Gasteiger partial charge in [-0.3, -0.25) is 4.79 Å². The van der Waals surface area contributed by atoms with Crippen molar-refractivity contribution in [2.24, 2.45) is 0 Å². The summed E-state index contributed by atoms with van der Waals surface area (Å²) >= 11 is 0. The third-order valence-electron chi connectivity index (χ3n) is 3.84. The van der Waals surface area contributed by atoms with E-state index in [1.807, 2.05) is 37.3 Å². The van der Waals surface area contributed by atoms with Crippen LogP contribution in [0.4, 0.5) is 4.39 Å². The van der Waals surface area contributed by atoms with E-state index in [9.17, 15) is 14.0 Å². The number of carbonyl (C=O) groups excluding carboxylic acids is 2. The normalized spacial score (nSPS) is 12.9. The molecule has 0 heterocycles. The summed E-state index contributed by atoms with van der Waals surface area (Å²) in [5.74, 6) is -1.92. The Hall–Kier alpha value is -2.69. The Morgan fingerprint density at radius 1 is 1.04 bits per heavy atom. The molecule has 0 aliphatic rings. The summed E-state index contributed by atoms with van der Waals surface area (Å²) < 4.78 is 18.6. The number of hydrogen-bond acceptors (Lipinski definition) is 3. The maximum Gasteiger partial charge on any atom is 0.341 e. The van der Waals surface area contributed by atoms with E-state index in [-0.39, 0.29) is 11.6 Å². The molecule has 0 unspecified atom stereocenters. The minimum absolute atomic E-state index is 0.0673. The van der Waals surface area contributed by atoms with Crippen molar-refractivity contribution in [1.29, 1.82) is 0 Å². The number of aryl methyl sites for hydroxylation is 1. The largest absolute Gasteiger partial charge is 0.449 e. The molecule has 5 heteroatoms. The standard InChI is InChI=1S/C20H22FNO3/c1-14(12-13-16-8-4-3-5-9-16)22-19(23)15(2)25-20(24)17-10-6-7-11-18(17)21/h3-11,14-15H,12-13H2,1-2H3,(H,22,23)/t14-,15-/m1/s1. The number of hydrogen-bond donors (Lipinski definition) is 1. The second-order valence-corrected chi connectivity index (χ2v) is 5.96. The second-order valence-electron chi connectivity index (χ2n) is 5.96. The number of benzene rings is 2. The van der Waals surface area contributed by atoms with Crippen molar-refractivity contribution in [3.8, 4) is 0 Å². The number of ether oxygens (including phenoxy) is 1. The SMILES string of the molecule is C[C@H](CCc1ccccc1)NC(=O)[C@@H](C)OC(=O)c1ccccc1F. The zero-order chi connectivity index (χ0) is 18.2. The molecule has 132 valence electrons. The molecule has 0 aliphatic carbocycles. The number of carbonyl (C=O) groups is 2. The zero-order valence-electron chi connectivity index (χ0n) is 14.4. The van der Waals surface area contributed by atoms with Crippen LogP contribution in [-0.2, 0) is 16.0 Å². The van der Waals surface area contributed by atoms with Crippen molar-refractivity contribution in [2.75, 3.05) is 0 Å². The molecule has 1 N–H and O–H groups in total. The summed E-state index contributed by atoms with van der Waals surface area (Å²) in [7, 11) is 0. The maximum atomic E-state index is 13.6. The molecule has 0 bridgehead atoms. The van der Waals surface area contributed by atoms with Gasteiger partial charge in [-0.2, -0.15) is 0 Å². The van der Waals surface area contributed by atoms with Gasteiger partial charge in [-0.25, -0.2) is 9.18 Å². The second kappa shape index (κ2) is 8.97. The van der Waals surface area contributed by atoms with Crippen LogP contribution in [0.2, 0.25) is 0 Å². The van der Waals surface area contributed by atoms with Crippen molar-refractivity contribution in [3.05, 3.63) is 71.5 Å². The van der Waals surface area contributed by atoms with Crippen LogP contribution >= 0.6 is 0 Å². The first-order valence-corrected chi connectivity index (χ1v) is 8.27. The number of amides is 1. The minimum atomic E-state index is -0.994. The molecule has 0 spiro atoms. The van der Waals surface area contributed by atoms with Crippen LogP contribution in [0.5, 0.6) is 0 Å². The van der Waals surface area contributed by atoms with Gasteiger partial charge in [-0.05, 0) is 44.4 Å². The van der Waals surface area contributed by atoms with Gasteiger partial charge in [0.25, 0.3) is 5.91 Å². The third kappa shape index (κ3) is 5.71. The number of esters is 1. The van der Waals surface area contributed by atoms with Gasteiger partial charge < -0.3 is 10.1 Å². The minimum Gasteiger partial charge on any atom is -0.449 e. The molecule has 2 atom stereocenters. The molecule has 0 saturated heterocycles. The number of nitrogens with one attached hydrogen (secondary N) is 1. The molecule has 4 nitrogen and oxygen atoms in total. The summed E-state index contributed by atoms with van der Waals surface area (Å²) in [6, 6.07) is 15.4. The Kier molecular flexibility index (Phi) is 6.69. The Morgan fingerprint density at radius 2 is 1.68 bits per heavy atom. The highest BCUT2D eigenvalue weighted by Gasteiger charge is 2.21. The predicted molar refractivity (Wildman–Crippen MR) is 93.6 cm³/mol. The first kappa shape index (κ1) is 18.6. The smallest absolute Gasteiger partial charge is 0.341 e. The average Bonchev–Trinajstić information content (AvgIpc) is 2.61. The lowest BCUT2D eigenvalue weighted by atomic mass is 10.1.